The van der Waals surface area contributed by atoms with Crippen molar-refractivity contribution in [2.45, 2.75) is 25.6 Å². The third-order valence-electron chi connectivity index (χ3n) is 5.39. The van der Waals surface area contributed by atoms with Gasteiger partial charge in [0.25, 0.3) is 0 Å². The number of hydrogen-bond acceptors (Lipinski definition) is 4. The molecule has 0 saturated heterocycles. The van der Waals surface area contributed by atoms with Crippen molar-refractivity contribution in [1.29, 1.82) is 0 Å². The molecule has 0 heterocycles. The van der Waals surface area contributed by atoms with Gasteiger partial charge < -0.3 is 19.9 Å². The van der Waals surface area contributed by atoms with Crippen molar-refractivity contribution in [3.8, 4) is 22.6 Å². The topological polar surface area (TPSA) is 67.8 Å². The number of rotatable bonds is 10. The van der Waals surface area contributed by atoms with Crippen molar-refractivity contribution in [3.05, 3.63) is 82.4 Å². The number of carboxylic acid groups (broad SMARTS) is 1. The van der Waals surface area contributed by atoms with Crippen LogP contribution < -0.4 is 14.8 Å². The lowest BCUT2D eigenvalue weighted by molar-refractivity contribution is -0.137. The Morgan fingerprint density at radius 3 is 2.51 bits per heavy atom. The molecule has 0 aromatic heterocycles. The Morgan fingerprint density at radius 2 is 1.83 bits per heavy atom. The molecule has 0 saturated carbocycles. The van der Waals surface area contributed by atoms with Crippen LogP contribution in [0.1, 0.15) is 40.9 Å². The number of aromatic carboxylic acids is 1. The molecule has 0 amide bonds. The lowest BCUT2D eigenvalue weighted by Gasteiger charge is -2.16. The van der Waals surface area contributed by atoms with Crippen LogP contribution in [0.25, 0.3) is 11.1 Å². The molecule has 5 nitrogen and oxygen atoms in total. The second-order valence-electron chi connectivity index (χ2n) is 7.90. The molecule has 0 aliphatic carbocycles. The second-order valence-corrected chi connectivity index (χ2v) is 8.31. The van der Waals surface area contributed by atoms with Crippen molar-refractivity contribution in [2.24, 2.45) is 0 Å². The Hall–Kier alpha value is -3.23. The maximum Gasteiger partial charge on any atom is 0.417 e. The predicted molar refractivity (Wildman–Crippen MR) is 128 cm³/mol. The summed E-state index contributed by atoms with van der Waals surface area (Å²) in [4.78, 5) is 11.6. The lowest BCUT2D eigenvalue weighted by Crippen LogP contribution is -2.21. The monoisotopic (exact) mass is 507 g/mol. The summed E-state index contributed by atoms with van der Waals surface area (Å²) in [5.41, 5.74) is 0.461. The molecule has 3 aromatic rings. The molecule has 35 heavy (non-hydrogen) atoms. The van der Waals surface area contributed by atoms with E-state index < -0.39 is 22.7 Å². The van der Waals surface area contributed by atoms with Crippen molar-refractivity contribution in [1.82, 2.24) is 5.32 Å². The number of halogens is 4. The van der Waals surface area contributed by atoms with Crippen LogP contribution in [-0.4, -0.2) is 31.3 Å². The number of methoxy groups -OCH3 is 1. The maximum absolute atomic E-state index is 13.3. The number of carbonyl (C=O) groups is 1. The normalized spacial score (nSPS) is 12.3. The molecular weight excluding hydrogens is 483 g/mol. The Morgan fingerprint density at radius 1 is 1.06 bits per heavy atom. The Kier molecular flexibility index (Phi) is 8.64. The van der Waals surface area contributed by atoms with E-state index in [0.717, 1.165) is 23.4 Å². The van der Waals surface area contributed by atoms with E-state index in [4.69, 9.17) is 21.1 Å². The third kappa shape index (κ3) is 7.13. The highest BCUT2D eigenvalue weighted by Crippen LogP contribution is 2.38. The first-order valence-corrected chi connectivity index (χ1v) is 11.2. The van der Waals surface area contributed by atoms with Crippen molar-refractivity contribution < 1.29 is 32.5 Å². The number of nitrogens with one attached hydrogen (secondary N) is 1. The van der Waals surface area contributed by atoms with Gasteiger partial charge in [0.2, 0.25) is 0 Å². The molecule has 186 valence electrons. The summed E-state index contributed by atoms with van der Waals surface area (Å²) in [6.07, 6.45) is -4.01. The molecule has 0 radical (unpaired) electrons. The van der Waals surface area contributed by atoms with E-state index in [0.29, 0.717) is 13.0 Å². The SMILES string of the molecule is COc1cccc([C@@H](C)NCCCOc2cc(C(=O)O)cc(-c3ccc(Cl)c(C(F)(F)F)c3)c2)c1. The van der Waals surface area contributed by atoms with Gasteiger partial charge >= 0.3 is 12.1 Å². The number of benzene rings is 3. The Labute approximate surface area is 206 Å². The smallest absolute Gasteiger partial charge is 0.417 e. The van der Waals surface area contributed by atoms with Gasteiger partial charge in [-0.15, -0.1) is 0 Å². The Balaban J connectivity index is 1.66. The fourth-order valence-corrected chi connectivity index (χ4v) is 3.73. The molecule has 3 rings (SSSR count). The summed E-state index contributed by atoms with van der Waals surface area (Å²) in [7, 11) is 1.61. The first kappa shape index (κ1) is 26.4. The molecule has 0 fully saturated rings. The standard InChI is InChI=1S/C26H25ClF3NO4/c1-16(17-5-3-6-21(12-17)34-2)31-9-4-10-35-22-13-19(11-20(14-22)25(32)33)18-7-8-24(27)23(15-18)26(28,29)30/h3,5-8,11-16,31H,4,9-10H2,1-2H3,(H,32,33)/t16-/m1/s1. The highest BCUT2D eigenvalue weighted by molar-refractivity contribution is 6.31. The molecule has 0 spiro atoms. The zero-order valence-electron chi connectivity index (χ0n) is 19.2. The fourth-order valence-electron chi connectivity index (χ4n) is 3.50. The lowest BCUT2D eigenvalue weighted by atomic mass is 10.00. The van der Waals surface area contributed by atoms with Gasteiger partial charge in [-0.1, -0.05) is 29.8 Å². The molecule has 2 N–H and O–H groups in total. The molecule has 3 aromatic carbocycles. The van der Waals surface area contributed by atoms with Gasteiger partial charge in [-0.05, 0) is 79.0 Å². The summed E-state index contributed by atoms with van der Waals surface area (Å²) in [6.45, 7) is 2.95. The summed E-state index contributed by atoms with van der Waals surface area (Å²) in [6, 6.07) is 15.4. The fraction of sp³-hybridized carbons (Fsp3) is 0.269. The Bertz CT molecular complexity index is 1180. The highest BCUT2D eigenvalue weighted by Gasteiger charge is 2.33. The van der Waals surface area contributed by atoms with E-state index in [1.807, 2.05) is 31.2 Å². The summed E-state index contributed by atoms with van der Waals surface area (Å²) in [5, 5.41) is 12.4. The van der Waals surface area contributed by atoms with E-state index in [2.05, 4.69) is 5.32 Å². The van der Waals surface area contributed by atoms with Crippen LogP contribution in [0.3, 0.4) is 0 Å². The van der Waals surface area contributed by atoms with Gasteiger partial charge in [-0.3, -0.25) is 0 Å². The van der Waals surface area contributed by atoms with Crippen LogP contribution in [0.15, 0.2) is 60.7 Å². The van der Waals surface area contributed by atoms with Crippen LogP contribution in [0.2, 0.25) is 5.02 Å². The summed E-state index contributed by atoms with van der Waals surface area (Å²) in [5.74, 6) is -0.184. The zero-order valence-corrected chi connectivity index (χ0v) is 19.9. The summed E-state index contributed by atoms with van der Waals surface area (Å²) < 4.78 is 50.7. The van der Waals surface area contributed by atoms with Gasteiger partial charge in [0, 0.05) is 6.04 Å². The van der Waals surface area contributed by atoms with Gasteiger partial charge in [-0.25, -0.2) is 4.79 Å². The molecule has 0 aliphatic rings. The van der Waals surface area contributed by atoms with Crippen LogP contribution in [-0.2, 0) is 6.18 Å². The average molecular weight is 508 g/mol. The maximum atomic E-state index is 13.3. The van der Waals surface area contributed by atoms with Crippen molar-refractivity contribution >= 4 is 17.6 Å². The van der Waals surface area contributed by atoms with Crippen molar-refractivity contribution in [3.63, 3.8) is 0 Å². The van der Waals surface area contributed by atoms with Crippen LogP contribution >= 0.6 is 11.6 Å². The van der Waals surface area contributed by atoms with Crippen molar-refractivity contribution in [2.75, 3.05) is 20.3 Å². The molecule has 0 bridgehead atoms. The first-order chi connectivity index (χ1) is 16.6. The average Bonchev–Trinajstić information content (AvgIpc) is 2.83. The van der Waals surface area contributed by atoms with E-state index >= 15 is 0 Å². The van der Waals surface area contributed by atoms with Crippen LogP contribution in [0.5, 0.6) is 11.5 Å². The summed E-state index contributed by atoms with van der Waals surface area (Å²) >= 11 is 5.70. The van der Waals surface area contributed by atoms with Crippen LogP contribution in [0, 0.1) is 0 Å². The van der Waals surface area contributed by atoms with E-state index in [1.165, 1.54) is 24.3 Å². The molecule has 0 unspecified atom stereocenters. The molecule has 9 heteroatoms. The minimum atomic E-state index is -4.63. The van der Waals surface area contributed by atoms with Gasteiger partial charge in [0.15, 0.2) is 0 Å². The largest absolute Gasteiger partial charge is 0.497 e. The number of hydrogen-bond donors (Lipinski definition) is 2. The predicted octanol–water partition coefficient (Wildman–Crippen LogP) is 6.85. The number of ether oxygens (including phenoxy) is 2. The number of carboxylic acids is 1. The molecule has 0 aliphatic heterocycles. The second kappa shape index (κ2) is 11.5. The third-order valence-corrected chi connectivity index (χ3v) is 5.72. The quantitative estimate of drug-likeness (QED) is 0.294. The van der Waals surface area contributed by atoms with E-state index in [9.17, 15) is 23.1 Å². The minimum absolute atomic E-state index is 0.0831. The van der Waals surface area contributed by atoms with Crippen LogP contribution in [0.4, 0.5) is 13.2 Å². The minimum Gasteiger partial charge on any atom is -0.497 e. The first-order valence-electron chi connectivity index (χ1n) is 10.8. The van der Waals surface area contributed by atoms with E-state index in [1.54, 1.807) is 7.11 Å². The molecular formula is C26H25ClF3NO4. The highest BCUT2D eigenvalue weighted by atomic mass is 35.5. The van der Waals surface area contributed by atoms with Gasteiger partial charge in [-0.2, -0.15) is 13.2 Å². The van der Waals surface area contributed by atoms with Gasteiger partial charge in [0.05, 0.1) is 29.9 Å². The van der Waals surface area contributed by atoms with Gasteiger partial charge in [0.1, 0.15) is 11.5 Å². The number of alkyl halides is 3. The van der Waals surface area contributed by atoms with E-state index in [-0.39, 0.29) is 35.1 Å². The molecule has 1 atom stereocenters. The zero-order chi connectivity index (χ0) is 25.6.